The van der Waals surface area contributed by atoms with Crippen molar-refractivity contribution in [3.8, 4) is 0 Å². The number of benzene rings is 1. The Labute approximate surface area is 160 Å². The number of hydrogen-bond donors (Lipinski definition) is 2. The van der Waals surface area contributed by atoms with Crippen LogP contribution in [0.25, 0.3) is 0 Å². The van der Waals surface area contributed by atoms with Crippen LogP contribution in [0.2, 0.25) is 0 Å². The van der Waals surface area contributed by atoms with Crippen molar-refractivity contribution in [1.82, 2.24) is 25.3 Å². The number of aromatic nitrogens is 2. The molecule has 1 aromatic carbocycles. The molecule has 1 aliphatic rings. The lowest BCUT2D eigenvalue weighted by atomic mass is 10.1. The average Bonchev–Trinajstić information content (AvgIpc) is 3.27. The maximum atomic E-state index is 11.9. The van der Waals surface area contributed by atoms with Crippen molar-refractivity contribution in [2.24, 2.45) is 12.0 Å². The summed E-state index contributed by atoms with van der Waals surface area (Å²) in [5.41, 5.74) is 3.41. The van der Waals surface area contributed by atoms with E-state index in [1.165, 1.54) is 5.56 Å². The molecular formula is C20H28N6O. The summed E-state index contributed by atoms with van der Waals surface area (Å²) >= 11 is 0. The molecule has 1 fully saturated rings. The zero-order chi connectivity index (χ0) is 19.1. The number of hydrogen-bond acceptors (Lipinski definition) is 3. The van der Waals surface area contributed by atoms with Crippen LogP contribution in [0, 0.1) is 0 Å². The van der Waals surface area contributed by atoms with E-state index < -0.39 is 0 Å². The maximum absolute atomic E-state index is 11.9. The van der Waals surface area contributed by atoms with Gasteiger partial charge in [0.2, 0.25) is 5.91 Å². The van der Waals surface area contributed by atoms with Crippen molar-refractivity contribution in [3.63, 3.8) is 0 Å². The number of aryl methyl sites for hydroxylation is 1. The molecule has 1 aromatic heterocycles. The predicted octanol–water partition coefficient (Wildman–Crippen LogP) is 1.80. The first-order chi connectivity index (χ1) is 13.2. The van der Waals surface area contributed by atoms with Gasteiger partial charge in [-0.2, -0.15) is 5.10 Å². The molecule has 27 heavy (non-hydrogen) atoms. The van der Waals surface area contributed by atoms with Gasteiger partial charge in [-0.15, -0.1) is 0 Å². The summed E-state index contributed by atoms with van der Waals surface area (Å²) in [6.45, 7) is 5.59. The predicted molar refractivity (Wildman–Crippen MR) is 106 cm³/mol. The Morgan fingerprint density at radius 1 is 1.22 bits per heavy atom. The van der Waals surface area contributed by atoms with Gasteiger partial charge >= 0.3 is 0 Å². The van der Waals surface area contributed by atoms with Crippen LogP contribution in [-0.4, -0.2) is 39.6 Å². The van der Waals surface area contributed by atoms with Crippen molar-refractivity contribution in [3.05, 3.63) is 53.3 Å². The van der Waals surface area contributed by atoms with E-state index in [0.717, 1.165) is 36.7 Å². The second-order valence-corrected chi connectivity index (χ2v) is 6.68. The van der Waals surface area contributed by atoms with Gasteiger partial charge in [0.1, 0.15) is 0 Å². The quantitative estimate of drug-likeness (QED) is 0.577. The highest BCUT2D eigenvalue weighted by Gasteiger charge is 2.20. The molecule has 1 amide bonds. The molecule has 0 bridgehead atoms. The fourth-order valence-electron chi connectivity index (χ4n) is 3.20. The Hall–Kier alpha value is -2.83. The van der Waals surface area contributed by atoms with E-state index in [0.29, 0.717) is 26.1 Å². The van der Waals surface area contributed by atoms with E-state index in [2.05, 4.69) is 27.9 Å². The Morgan fingerprint density at radius 2 is 2.04 bits per heavy atom. The van der Waals surface area contributed by atoms with Crippen molar-refractivity contribution < 1.29 is 4.79 Å². The van der Waals surface area contributed by atoms with Crippen molar-refractivity contribution in [2.45, 2.75) is 39.4 Å². The summed E-state index contributed by atoms with van der Waals surface area (Å²) in [6, 6.07) is 10.2. The summed E-state index contributed by atoms with van der Waals surface area (Å²) in [4.78, 5) is 18.6. The lowest BCUT2D eigenvalue weighted by molar-refractivity contribution is -0.128. The molecule has 2 aromatic rings. The third kappa shape index (κ3) is 5.09. The molecule has 144 valence electrons. The minimum absolute atomic E-state index is 0.250. The van der Waals surface area contributed by atoms with Crippen LogP contribution in [0.3, 0.4) is 0 Å². The van der Waals surface area contributed by atoms with E-state index >= 15 is 0 Å². The summed E-state index contributed by atoms with van der Waals surface area (Å²) in [5, 5.41) is 10.8. The smallest absolute Gasteiger partial charge is 0.222 e. The van der Waals surface area contributed by atoms with Gasteiger partial charge in [0.25, 0.3) is 0 Å². The summed E-state index contributed by atoms with van der Waals surface area (Å²) in [5.74, 6) is 1.02. The van der Waals surface area contributed by atoms with Crippen LogP contribution < -0.4 is 10.6 Å². The normalized spacial score (nSPS) is 14.7. The van der Waals surface area contributed by atoms with Crippen molar-refractivity contribution in [2.75, 3.05) is 13.1 Å². The molecular weight excluding hydrogens is 340 g/mol. The average molecular weight is 368 g/mol. The number of amides is 1. The van der Waals surface area contributed by atoms with Crippen LogP contribution in [-0.2, 0) is 31.5 Å². The Kier molecular flexibility index (Phi) is 6.46. The molecule has 2 heterocycles. The van der Waals surface area contributed by atoms with Gasteiger partial charge in [0.05, 0.1) is 18.8 Å². The molecule has 0 aliphatic carbocycles. The molecule has 1 saturated heterocycles. The van der Waals surface area contributed by atoms with E-state index in [9.17, 15) is 4.79 Å². The number of nitrogens with one attached hydrogen (secondary N) is 2. The van der Waals surface area contributed by atoms with Gasteiger partial charge < -0.3 is 15.5 Å². The molecule has 2 N–H and O–H groups in total. The standard InChI is InChI=1S/C20H28N6O/c1-3-21-20(23-14-18-10-11-24-25(18)2)22-13-16-7-4-5-8-17(16)15-26-12-6-9-19(26)27/h4-5,7-8,10-11H,3,6,9,12-15H2,1-2H3,(H2,21,22,23). The van der Waals surface area contributed by atoms with Crippen molar-refractivity contribution >= 4 is 11.9 Å². The number of likely N-dealkylation sites (tertiary alicyclic amines) is 1. The molecule has 7 nitrogen and oxygen atoms in total. The molecule has 7 heteroatoms. The number of aliphatic imine (C=N–C) groups is 1. The number of guanidine groups is 1. The Morgan fingerprint density at radius 3 is 2.70 bits per heavy atom. The molecule has 0 radical (unpaired) electrons. The van der Waals surface area contributed by atoms with Crippen LogP contribution in [0.4, 0.5) is 0 Å². The lowest BCUT2D eigenvalue weighted by Crippen LogP contribution is -2.37. The highest BCUT2D eigenvalue weighted by Crippen LogP contribution is 2.17. The first-order valence-corrected chi connectivity index (χ1v) is 9.51. The van der Waals surface area contributed by atoms with Gasteiger partial charge in [-0.25, -0.2) is 4.99 Å². The molecule has 0 unspecified atom stereocenters. The molecule has 1 aliphatic heterocycles. The molecule has 0 spiro atoms. The van der Waals surface area contributed by atoms with E-state index in [1.807, 2.05) is 41.8 Å². The van der Waals surface area contributed by atoms with Crippen LogP contribution >= 0.6 is 0 Å². The number of rotatable bonds is 7. The summed E-state index contributed by atoms with van der Waals surface area (Å²) in [7, 11) is 1.93. The molecule has 0 atom stereocenters. The Balaban J connectivity index is 1.66. The fraction of sp³-hybridized carbons (Fsp3) is 0.450. The van der Waals surface area contributed by atoms with Crippen LogP contribution in [0.15, 0.2) is 41.5 Å². The monoisotopic (exact) mass is 368 g/mol. The number of carbonyl (C=O) groups is 1. The van der Waals surface area contributed by atoms with Crippen LogP contribution in [0.1, 0.15) is 36.6 Å². The first kappa shape index (κ1) is 18.9. The third-order valence-corrected chi connectivity index (χ3v) is 4.76. The molecule has 0 saturated carbocycles. The highest BCUT2D eigenvalue weighted by molar-refractivity contribution is 5.79. The first-order valence-electron chi connectivity index (χ1n) is 9.51. The third-order valence-electron chi connectivity index (χ3n) is 4.76. The van der Waals surface area contributed by atoms with Gasteiger partial charge in [0.15, 0.2) is 5.96 Å². The second-order valence-electron chi connectivity index (χ2n) is 6.68. The van der Waals surface area contributed by atoms with Gasteiger partial charge in [-0.1, -0.05) is 24.3 Å². The summed E-state index contributed by atoms with van der Waals surface area (Å²) < 4.78 is 1.85. The van der Waals surface area contributed by atoms with E-state index in [1.54, 1.807) is 6.20 Å². The minimum Gasteiger partial charge on any atom is -0.357 e. The number of nitrogens with zero attached hydrogens (tertiary/aromatic N) is 4. The lowest BCUT2D eigenvalue weighted by Gasteiger charge is -2.18. The van der Waals surface area contributed by atoms with E-state index in [-0.39, 0.29) is 5.91 Å². The largest absolute Gasteiger partial charge is 0.357 e. The summed E-state index contributed by atoms with van der Waals surface area (Å²) in [6.07, 6.45) is 3.42. The minimum atomic E-state index is 0.250. The zero-order valence-electron chi connectivity index (χ0n) is 16.1. The van der Waals surface area contributed by atoms with Crippen molar-refractivity contribution in [1.29, 1.82) is 0 Å². The zero-order valence-corrected chi connectivity index (χ0v) is 16.1. The van der Waals surface area contributed by atoms with Gasteiger partial charge in [0, 0.05) is 39.3 Å². The van der Waals surface area contributed by atoms with E-state index in [4.69, 9.17) is 4.99 Å². The SMILES string of the molecule is CCNC(=NCc1ccccc1CN1CCCC1=O)NCc1ccnn1C. The molecule has 3 rings (SSSR count). The highest BCUT2D eigenvalue weighted by atomic mass is 16.2. The topological polar surface area (TPSA) is 74.6 Å². The fourth-order valence-corrected chi connectivity index (χ4v) is 3.20. The maximum Gasteiger partial charge on any atom is 0.222 e. The number of carbonyl (C=O) groups excluding carboxylic acids is 1. The van der Waals surface area contributed by atoms with Gasteiger partial charge in [-0.05, 0) is 30.5 Å². The van der Waals surface area contributed by atoms with Crippen LogP contribution in [0.5, 0.6) is 0 Å². The second kappa shape index (κ2) is 9.21. The Bertz CT molecular complexity index is 797. The van der Waals surface area contributed by atoms with Gasteiger partial charge in [-0.3, -0.25) is 9.48 Å².